The predicted octanol–water partition coefficient (Wildman–Crippen LogP) is 3.00. The summed E-state index contributed by atoms with van der Waals surface area (Å²) in [7, 11) is 3.83. The van der Waals surface area contributed by atoms with Gasteiger partial charge in [0.25, 0.3) is 5.91 Å². The van der Waals surface area contributed by atoms with Crippen LogP contribution in [-0.2, 0) is 0 Å². The molecule has 0 bridgehead atoms. The first-order valence-corrected chi connectivity index (χ1v) is 8.99. The molecule has 126 valence electrons. The summed E-state index contributed by atoms with van der Waals surface area (Å²) in [6.07, 6.45) is 4.04. The molecule has 1 saturated heterocycles. The molecule has 2 heterocycles. The fourth-order valence-electron chi connectivity index (χ4n) is 2.70. The van der Waals surface area contributed by atoms with Gasteiger partial charge < -0.3 is 15.1 Å². The van der Waals surface area contributed by atoms with E-state index in [1.165, 1.54) is 12.8 Å². The number of carbonyl (C=O) groups is 1. The van der Waals surface area contributed by atoms with Crippen molar-refractivity contribution in [3.05, 3.63) is 39.6 Å². The zero-order valence-corrected chi connectivity index (χ0v) is 15.9. The van der Waals surface area contributed by atoms with Crippen molar-refractivity contribution in [1.29, 1.82) is 0 Å². The molecule has 1 N–H and O–H groups in total. The van der Waals surface area contributed by atoms with E-state index in [2.05, 4.69) is 42.8 Å². The van der Waals surface area contributed by atoms with Gasteiger partial charge in [0.05, 0.1) is 11.8 Å². The summed E-state index contributed by atoms with van der Waals surface area (Å²) in [5, 5.41) is 2.94. The molecule has 24 heavy (non-hydrogen) atoms. The number of carbonyl (C=O) groups excluding carboxylic acids is 1. The number of nitrogens with zero attached hydrogens (tertiary/aromatic N) is 4. The molecule has 0 atom stereocenters. The molecule has 1 aliphatic heterocycles. The molecular formula is C17H20IN5O. The molecule has 1 fully saturated rings. The third-order valence-corrected chi connectivity index (χ3v) is 4.88. The van der Waals surface area contributed by atoms with Crippen molar-refractivity contribution in [2.75, 3.05) is 42.3 Å². The first-order valence-electron chi connectivity index (χ1n) is 7.91. The molecule has 1 aromatic heterocycles. The Labute approximate surface area is 155 Å². The minimum Gasteiger partial charge on any atom is -0.361 e. The molecule has 3 rings (SSSR count). The van der Waals surface area contributed by atoms with Crippen molar-refractivity contribution in [2.45, 2.75) is 12.8 Å². The maximum atomic E-state index is 12.6. The quantitative estimate of drug-likeness (QED) is 0.746. The summed E-state index contributed by atoms with van der Waals surface area (Å²) in [6.45, 7) is 1.97. The summed E-state index contributed by atoms with van der Waals surface area (Å²) >= 11 is 2.16. The van der Waals surface area contributed by atoms with Gasteiger partial charge in [-0.05, 0) is 47.6 Å². The highest BCUT2D eigenvalue weighted by atomic mass is 127. The molecule has 1 aliphatic rings. The minimum atomic E-state index is -0.152. The highest BCUT2D eigenvalue weighted by Crippen LogP contribution is 2.26. The zero-order chi connectivity index (χ0) is 17.1. The lowest BCUT2D eigenvalue weighted by molar-refractivity contribution is 0.102. The standard InChI is InChI=1S/C17H20IN5O/c1-22(2)15-14(11-19-17(21-15)23-9-5-6-10-23)20-16(24)12-7-3-4-8-13(12)18/h3-4,7-8,11H,5-6,9-10H2,1-2H3,(H,20,24). The van der Waals surface area contributed by atoms with Gasteiger partial charge in [0.15, 0.2) is 5.82 Å². The Morgan fingerprint density at radius 2 is 1.96 bits per heavy atom. The van der Waals surface area contributed by atoms with E-state index in [4.69, 9.17) is 0 Å². The Kier molecular flexibility index (Phi) is 5.17. The second kappa shape index (κ2) is 7.33. The predicted molar refractivity (Wildman–Crippen MR) is 105 cm³/mol. The highest BCUT2D eigenvalue weighted by molar-refractivity contribution is 14.1. The third kappa shape index (κ3) is 3.61. The number of nitrogens with one attached hydrogen (secondary N) is 1. The zero-order valence-electron chi connectivity index (χ0n) is 13.8. The molecule has 0 spiro atoms. The van der Waals surface area contributed by atoms with Gasteiger partial charge in [0.2, 0.25) is 5.95 Å². The molecule has 1 aromatic carbocycles. The van der Waals surface area contributed by atoms with E-state index in [1.54, 1.807) is 6.20 Å². The Bertz CT molecular complexity index is 744. The number of hydrogen-bond acceptors (Lipinski definition) is 5. The first kappa shape index (κ1) is 16.9. The summed E-state index contributed by atoms with van der Waals surface area (Å²) in [5.41, 5.74) is 1.26. The van der Waals surface area contributed by atoms with Crippen LogP contribution in [0.1, 0.15) is 23.2 Å². The van der Waals surface area contributed by atoms with E-state index in [0.717, 1.165) is 22.6 Å². The summed E-state index contributed by atoms with van der Waals surface area (Å²) in [5.74, 6) is 1.29. The molecule has 7 heteroatoms. The molecular weight excluding hydrogens is 417 g/mol. The van der Waals surface area contributed by atoms with E-state index in [9.17, 15) is 4.79 Å². The molecule has 1 amide bonds. The first-order chi connectivity index (χ1) is 11.6. The van der Waals surface area contributed by atoms with Crippen molar-refractivity contribution in [3.63, 3.8) is 0 Å². The number of rotatable bonds is 4. The summed E-state index contributed by atoms with van der Waals surface area (Å²) < 4.78 is 0.911. The van der Waals surface area contributed by atoms with Gasteiger partial charge in [-0.15, -0.1) is 0 Å². The largest absolute Gasteiger partial charge is 0.361 e. The lowest BCUT2D eigenvalue weighted by atomic mass is 10.2. The van der Waals surface area contributed by atoms with Gasteiger partial charge in [-0.25, -0.2) is 4.98 Å². The van der Waals surface area contributed by atoms with Gasteiger partial charge in [-0.3, -0.25) is 4.79 Å². The smallest absolute Gasteiger partial charge is 0.256 e. The third-order valence-electron chi connectivity index (χ3n) is 3.94. The number of aromatic nitrogens is 2. The number of anilines is 3. The number of amides is 1. The fourth-order valence-corrected chi connectivity index (χ4v) is 3.33. The van der Waals surface area contributed by atoms with Gasteiger partial charge in [-0.2, -0.15) is 4.98 Å². The maximum absolute atomic E-state index is 12.6. The van der Waals surface area contributed by atoms with Crippen LogP contribution >= 0.6 is 22.6 Å². The van der Waals surface area contributed by atoms with Crippen LogP contribution < -0.4 is 15.1 Å². The van der Waals surface area contributed by atoms with Crippen molar-refractivity contribution in [3.8, 4) is 0 Å². The van der Waals surface area contributed by atoms with Crippen molar-refractivity contribution < 1.29 is 4.79 Å². The Morgan fingerprint density at radius 1 is 1.25 bits per heavy atom. The van der Waals surface area contributed by atoms with Crippen LogP contribution in [0, 0.1) is 3.57 Å². The second-order valence-electron chi connectivity index (χ2n) is 5.93. The summed E-state index contributed by atoms with van der Waals surface area (Å²) in [4.78, 5) is 25.7. The lowest BCUT2D eigenvalue weighted by Gasteiger charge is -2.21. The van der Waals surface area contributed by atoms with E-state index in [0.29, 0.717) is 17.1 Å². The van der Waals surface area contributed by atoms with E-state index in [1.807, 2.05) is 43.3 Å². The topological polar surface area (TPSA) is 61.4 Å². The van der Waals surface area contributed by atoms with Crippen LogP contribution in [0.3, 0.4) is 0 Å². The van der Waals surface area contributed by atoms with Crippen LogP contribution in [0.4, 0.5) is 17.5 Å². The molecule has 0 aliphatic carbocycles. The fraction of sp³-hybridized carbons (Fsp3) is 0.353. The van der Waals surface area contributed by atoms with E-state index >= 15 is 0 Å². The van der Waals surface area contributed by atoms with Crippen molar-refractivity contribution in [2.24, 2.45) is 0 Å². The average molecular weight is 437 g/mol. The van der Waals surface area contributed by atoms with Crippen LogP contribution in [0.5, 0.6) is 0 Å². The number of halogens is 1. The van der Waals surface area contributed by atoms with Crippen LogP contribution in [-0.4, -0.2) is 43.1 Å². The van der Waals surface area contributed by atoms with Gasteiger partial charge >= 0.3 is 0 Å². The van der Waals surface area contributed by atoms with E-state index in [-0.39, 0.29) is 5.91 Å². The summed E-state index contributed by atoms with van der Waals surface area (Å²) in [6, 6.07) is 7.50. The minimum absolute atomic E-state index is 0.152. The molecule has 6 nitrogen and oxygen atoms in total. The highest BCUT2D eigenvalue weighted by Gasteiger charge is 2.19. The van der Waals surface area contributed by atoms with Crippen LogP contribution in [0.25, 0.3) is 0 Å². The van der Waals surface area contributed by atoms with Gasteiger partial charge in [-0.1, -0.05) is 12.1 Å². The van der Waals surface area contributed by atoms with Crippen LogP contribution in [0.2, 0.25) is 0 Å². The van der Waals surface area contributed by atoms with Crippen molar-refractivity contribution in [1.82, 2.24) is 9.97 Å². The SMILES string of the molecule is CN(C)c1nc(N2CCCC2)ncc1NC(=O)c1ccccc1I. The molecule has 0 radical (unpaired) electrons. The van der Waals surface area contributed by atoms with Crippen LogP contribution in [0.15, 0.2) is 30.5 Å². The molecule has 2 aromatic rings. The van der Waals surface area contributed by atoms with Gasteiger partial charge in [0.1, 0.15) is 5.69 Å². The molecule has 0 unspecified atom stereocenters. The average Bonchev–Trinajstić information content (AvgIpc) is 3.09. The van der Waals surface area contributed by atoms with E-state index < -0.39 is 0 Å². The Balaban J connectivity index is 1.87. The lowest BCUT2D eigenvalue weighted by Crippen LogP contribution is -2.24. The monoisotopic (exact) mass is 437 g/mol. The maximum Gasteiger partial charge on any atom is 0.256 e. The van der Waals surface area contributed by atoms with Crippen molar-refractivity contribution >= 4 is 46.0 Å². The van der Waals surface area contributed by atoms with Gasteiger partial charge in [0, 0.05) is 30.8 Å². The Morgan fingerprint density at radius 3 is 2.62 bits per heavy atom. The number of benzene rings is 1. The second-order valence-corrected chi connectivity index (χ2v) is 7.09. The Hall–Kier alpha value is -1.90. The number of hydrogen-bond donors (Lipinski definition) is 1. The normalized spacial score (nSPS) is 13.9. The molecule has 0 saturated carbocycles.